The monoisotopic (exact) mass is 346 g/mol. The highest BCUT2D eigenvalue weighted by atomic mass is 19.4. The van der Waals surface area contributed by atoms with Crippen LogP contribution in [-0.4, -0.2) is 48.6 Å². The maximum atomic E-state index is 13.1. The molecule has 0 unspecified atom stereocenters. The lowest BCUT2D eigenvalue weighted by atomic mass is 10.2. The molecule has 0 spiro atoms. The van der Waals surface area contributed by atoms with E-state index in [1.807, 2.05) is 0 Å². The number of pyridine rings is 1. The van der Waals surface area contributed by atoms with Gasteiger partial charge in [-0.05, 0) is 18.9 Å². The number of carbonyl (C=O) groups is 2. The molecule has 0 saturated carbocycles. The first kappa shape index (κ1) is 17.8. The van der Waals surface area contributed by atoms with Crippen molar-refractivity contribution in [3.05, 3.63) is 17.8 Å². The zero-order valence-corrected chi connectivity index (χ0v) is 13.1. The molecule has 2 heterocycles. The largest absolute Gasteiger partial charge is 0.481 e. The standard InChI is InChI=1S/C14H17F3N4O3/c1-18-12(22)9-4-3-7-21(9)13(23)19-8-5-6-10(24-2)20-11(8)14(15,16)17/h5-6,9H,3-4,7H2,1-2H3,(H,18,22)(H,19,23)/t9-/m0/s1. The molecule has 1 aromatic rings. The number of nitrogens with one attached hydrogen (secondary N) is 2. The predicted molar refractivity (Wildman–Crippen MR) is 78.6 cm³/mol. The molecule has 7 nitrogen and oxygen atoms in total. The van der Waals surface area contributed by atoms with E-state index in [2.05, 4.69) is 20.4 Å². The minimum absolute atomic E-state index is 0.218. The molecule has 0 aliphatic carbocycles. The van der Waals surface area contributed by atoms with Gasteiger partial charge in [0.05, 0.1) is 12.8 Å². The van der Waals surface area contributed by atoms with E-state index in [1.165, 1.54) is 25.1 Å². The summed E-state index contributed by atoms with van der Waals surface area (Å²) in [4.78, 5) is 28.6. The van der Waals surface area contributed by atoms with Crippen molar-refractivity contribution in [2.75, 3.05) is 26.0 Å². The van der Waals surface area contributed by atoms with Crippen LogP contribution in [0.25, 0.3) is 0 Å². The third-order valence-corrected chi connectivity index (χ3v) is 3.65. The average molecular weight is 346 g/mol. The number of hydrogen-bond donors (Lipinski definition) is 2. The number of likely N-dealkylation sites (tertiary alicyclic amines) is 1. The lowest BCUT2D eigenvalue weighted by Gasteiger charge is -2.24. The van der Waals surface area contributed by atoms with Crippen LogP contribution in [0.4, 0.5) is 23.7 Å². The Morgan fingerprint density at radius 3 is 2.67 bits per heavy atom. The highest BCUT2D eigenvalue weighted by Gasteiger charge is 2.38. The number of alkyl halides is 3. The van der Waals surface area contributed by atoms with Gasteiger partial charge < -0.3 is 20.3 Å². The summed E-state index contributed by atoms with van der Waals surface area (Å²) in [7, 11) is 2.63. The van der Waals surface area contributed by atoms with Crippen molar-refractivity contribution < 1.29 is 27.5 Å². The molecule has 1 aromatic heterocycles. The Bertz CT molecular complexity index is 636. The summed E-state index contributed by atoms with van der Waals surface area (Å²) in [5.41, 5.74) is -1.75. The van der Waals surface area contributed by atoms with Gasteiger partial charge in [0.15, 0.2) is 5.69 Å². The number of hydrogen-bond acceptors (Lipinski definition) is 4. The smallest absolute Gasteiger partial charge is 0.435 e. The number of ether oxygens (including phenoxy) is 1. The number of anilines is 1. The van der Waals surface area contributed by atoms with Gasteiger partial charge in [0, 0.05) is 19.7 Å². The van der Waals surface area contributed by atoms with Gasteiger partial charge in [-0.3, -0.25) is 4.79 Å². The summed E-state index contributed by atoms with van der Waals surface area (Å²) in [6.07, 6.45) is -3.71. The minimum atomic E-state index is -4.76. The number of nitrogens with zero attached hydrogens (tertiary/aromatic N) is 2. The van der Waals surface area contributed by atoms with Gasteiger partial charge in [-0.1, -0.05) is 0 Å². The number of halogens is 3. The van der Waals surface area contributed by atoms with E-state index in [-0.39, 0.29) is 18.3 Å². The van der Waals surface area contributed by atoms with Crippen LogP contribution in [0.2, 0.25) is 0 Å². The van der Waals surface area contributed by atoms with Crippen LogP contribution in [0.15, 0.2) is 12.1 Å². The second kappa shape index (κ2) is 6.93. The molecule has 1 saturated heterocycles. The van der Waals surface area contributed by atoms with Crippen LogP contribution in [-0.2, 0) is 11.0 Å². The Kier molecular flexibility index (Phi) is 5.15. The number of methoxy groups -OCH3 is 1. The molecule has 0 aromatic carbocycles. The lowest BCUT2D eigenvalue weighted by Crippen LogP contribution is -2.46. The van der Waals surface area contributed by atoms with Gasteiger partial charge in [0.1, 0.15) is 6.04 Å². The van der Waals surface area contributed by atoms with E-state index in [9.17, 15) is 22.8 Å². The maximum Gasteiger partial charge on any atom is 0.435 e. The Morgan fingerprint density at radius 1 is 1.38 bits per heavy atom. The highest BCUT2D eigenvalue weighted by molar-refractivity contribution is 5.94. The van der Waals surface area contributed by atoms with Gasteiger partial charge in [-0.2, -0.15) is 13.2 Å². The zero-order chi connectivity index (χ0) is 17.9. The molecule has 1 fully saturated rings. The molecule has 1 aliphatic heterocycles. The first-order valence-corrected chi connectivity index (χ1v) is 7.19. The Balaban J connectivity index is 2.24. The molecular formula is C14H17F3N4O3. The zero-order valence-electron chi connectivity index (χ0n) is 13.1. The van der Waals surface area contributed by atoms with Crippen molar-refractivity contribution in [3.8, 4) is 5.88 Å². The Labute approximate surface area is 136 Å². The number of carbonyl (C=O) groups excluding carboxylic acids is 2. The van der Waals surface area contributed by atoms with Gasteiger partial charge in [-0.15, -0.1) is 0 Å². The van der Waals surface area contributed by atoms with Crippen LogP contribution in [0.1, 0.15) is 18.5 Å². The third kappa shape index (κ3) is 3.69. The maximum absolute atomic E-state index is 13.1. The SMILES string of the molecule is CNC(=O)[C@@H]1CCCN1C(=O)Nc1ccc(OC)nc1C(F)(F)F. The van der Waals surface area contributed by atoms with Crippen molar-refractivity contribution in [1.82, 2.24) is 15.2 Å². The van der Waals surface area contributed by atoms with Crippen LogP contribution in [0, 0.1) is 0 Å². The molecule has 2 rings (SSSR count). The third-order valence-electron chi connectivity index (χ3n) is 3.65. The van der Waals surface area contributed by atoms with E-state index in [1.54, 1.807) is 0 Å². The summed E-state index contributed by atoms with van der Waals surface area (Å²) in [6, 6.07) is 0.803. The summed E-state index contributed by atoms with van der Waals surface area (Å²) in [6.45, 7) is 0.287. The molecule has 24 heavy (non-hydrogen) atoms. The lowest BCUT2D eigenvalue weighted by molar-refractivity contribution is -0.140. The Morgan fingerprint density at radius 2 is 2.08 bits per heavy atom. The Hall–Kier alpha value is -2.52. The average Bonchev–Trinajstić information content (AvgIpc) is 3.03. The molecular weight excluding hydrogens is 329 g/mol. The van der Waals surface area contributed by atoms with E-state index in [0.29, 0.717) is 12.8 Å². The molecule has 1 atom stereocenters. The van der Waals surface area contributed by atoms with E-state index in [0.717, 1.165) is 6.07 Å². The van der Waals surface area contributed by atoms with Crippen molar-refractivity contribution >= 4 is 17.6 Å². The highest BCUT2D eigenvalue weighted by Crippen LogP contribution is 2.35. The van der Waals surface area contributed by atoms with E-state index < -0.39 is 29.6 Å². The summed E-state index contributed by atoms with van der Waals surface area (Å²) >= 11 is 0. The molecule has 1 aliphatic rings. The second-order valence-electron chi connectivity index (χ2n) is 5.14. The summed E-state index contributed by atoms with van der Waals surface area (Å²) < 4.78 is 44.0. The van der Waals surface area contributed by atoms with Gasteiger partial charge >= 0.3 is 12.2 Å². The first-order chi connectivity index (χ1) is 11.3. The number of likely N-dealkylation sites (N-methyl/N-ethyl adjacent to an activating group) is 1. The van der Waals surface area contributed by atoms with Gasteiger partial charge in [0.2, 0.25) is 11.8 Å². The van der Waals surface area contributed by atoms with Gasteiger partial charge in [0.25, 0.3) is 0 Å². The van der Waals surface area contributed by atoms with Crippen molar-refractivity contribution in [2.24, 2.45) is 0 Å². The number of rotatable bonds is 3. The molecule has 2 N–H and O–H groups in total. The minimum Gasteiger partial charge on any atom is -0.481 e. The van der Waals surface area contributed by atoms with Crippen LogP contribution in [0.3, 0.4) is 0 Å². The number of aromatic nitrogens is 1. The molecule has 132 valence electrons. The fourth-order valence-corrected chi connectivity index (χ4v) is 2.51. The van der Waals surface area contributed by atoms with Crippen molar-refractivity contribution in [1.29, 1.82) is 0 Å². The summed E-state index contributed by atoms with van der Waals surface area (Å²) in [5, 5.41) is 4.63. The molecule has 10 heteroatoms. The normalized spacial score (nSPS) is 17.5. The van der Waals surface area contributed by atoms with Crippen LogP contribution < -0.4 is 15.4 Å². The van der Waals surface area contributed by atoms with Crippen molar-refractivity contribution in [2.45, 2.75) is 25.1 Å². The van der Waals surface area contributed by atoms with E-state index in [4.69, 9.17) is 0 Å². The first-order valence-electron chi connectivity index (χ1n) is 7.19. The van der Waals surface area contributed by atoms with Crippen LogP contribution in [0.5, 0.6) is 5.88 Å². The number of amides is 3. The predicted octanol–water partition coefficient (Wildman–Crippen LogP) is 1.85. The van der Waals surface area contributed by atoms with Gasteiger partial charge in [-0.25, -0.2) is 9.78 Å². The van der Waals surface area contributed by atoms with Crippen LogP contribution >= 0.6 is 0 Å². The number of urea groups is 1. The fourth-order valence-electron chi connectivity index (χ4n) is 2.51. The fraction of sp³-hybridized carbons (Fsp3) is 0.500. The van der Waals surface area contributed by atoms with Crippen molar-refractivity contribution in [3.63, 3.8) is 0 Å². The molecule has 0 radical (unpaired) electrons. The summed E-state index contributed by atoms with van der Waals surface area (Å²) in [5.74, 6) is -0.573. The topological polar surface area (TPSA) is 83.6 Å². The molecule has 0 bridgehead atoms. The van der Waals surface area contributed by atoms with E-state index >= 15 is 0 Å². The molecule has 3 amide bonds. The quantitative estimate of drug-likeness (QED) is 0.875. The second-order valence-corrected chi connectivity index (χ2v) is 5.14.